The largest absolute Gasteiger partial charge is 0.486 e. The van der Waals surface area contributed by atoms with E-state index in [1.54, 1.807) is 6.07 Å². The number of rotatable bonds is 4. The van der Waals surface area contributed by atoms with E-state index in [4.69, 9.17) is 9.47 Å². The van der Waals surface area contributed by atoms with Crippen LogP contribution in [0.15, 0.2) is 18.2 Å². The van der Waals surface area contributed by atoms with Crippen LogP contribution in [0.4, 0.5) is 5.69 Å². The maximum absolute atomic E-state index is 12.6. The summed E-state index contributed by atoms with van der Waals surface area (Å²) < 4.78 is 11.1. The van der Waals surface area contributed by atoms with Gasteiger partial charge in [-0.2, -0.15) is 0 Å². The van der Waals surface area contributed by atoms with Gasteiger partial charge in [0.25, 0.3) is 0 Å². The highest BCUT2D eigenvalue weighted by atomic mass is 16.6. The Bertz CT molecular complexity index is 729. The lowest BCUT2D eigenvalue weighted by Crippen LogP contribution is -2.52. The first kappa shape index (κ1) is 20.5. The molecule has 1 saturated heterocycles. The van der Waals surface area contributed by atoms with Crippen LogP contribution in [-0.2, 0) is 9.59 Å². The van der Waals surface area contributed by atoms with Crippen LogP contribution in [0, 0.1) is 5.41 Å². The first-order chi connectivity index (χ1) is 13.2. The number of amides is 2. The summed E-state index contributed by atoms with van der Waals surface area (Å²) in [4.78, 5) is 29.0. The van der Waals surface area contributed by atoms with Crippen molar-refractivity contribution in [3.63, 3.8) is 0 Å². The van der Waals surface area contributed by atoms with E-state index in [9.17, 15) is 9.59 Å². The predicted octanol–water partition coefficient (Wildman–Crippen LogP) is 2.37. The number of anilines is 1. The molecule has 1 fully saturated rings. The highest BCUT2D eigenvalue weighted by molar-refractivity contribution is 5.92. The molecule has 0 spiro atoms. The van der Waals surface area contributed by atoms with Gasteiger partial charge in [0.15, 0.2) is 11.5 Å². The Morgan fingerprint density at radius 3 is 2.64 bits per heavy atom. The summed E-state index contributed by atoms with van der Waals surface area (Å²) in [7, 11) is 1.87. The lowest BCUT2D eigenvalue weighted by Gasteiger charge is -2.39. The lowest BCUT2D eigenvalue weighted by atomic mass is 9.93. The molecule has 1 atom stereocenters. The molecule has 7 nitrogen and oxygen atoms in total. The standard InChI is InChI=1S/C21H31N3O4/c1-21(2,3)20(26)23(4)16-6-5-9-24(13-16)14-19(25)22-15-7-8-17-18(12-15)28-11-10-27-17/h7-8,12,16H,5-6,9-11,13-14H2,1-4H3,(H,22,25). The molecule has 7 heteroatoms. The number of carbonyl (C=O) groups is 2. The number of ether oxygens (including phenoxy) is 2. The number of piperidine rings is 1. The molecule has 1 N–H and O–H groups in total. The number of hydrogen-bond acceptors (Lipinski definition) is 5. The van der Waals surface area contributed by atoms with Crippen LogP contribution in [0.5, 0.6) is 11.5 Å². The van der Waals surface area contributed by atoms with Gasteiger partial charge < -0.3 is 19.7 Å². The van der Waals surface area contributed by atoms with Gasteiger partial charge >= 0.3 is 0 Å². The van der Waals surface area contributed by atoms with Crippen molar-refractivity contribution >= 4 is 17.5 Å². The molecule has 0 aromatic heterocycles. The highest BCUT2D eigenvalue weighted by Gasteiger charge is 2.32. The second-order valence-corrected chi connectivity index (χ2v) is 8.60. The van der Waals surface area contributed by atoms with Crippen LogP contribution < -0.4 is 14.8 Å². The Kier molecular flexibility index (Phi) is 6.13. The fraction of sp³-hybridized carbons (Fsp3) is 0.619. The third-order valence-electron chi connectivity index (χ3n) is 5.18. The van der Waals surface area contributed by atoms with Crippen molar-refractivity contribution < 1.29 is 19.1 Å². The third-order valence-corrected chi connectivity index (χ3v) is 5.18. The Morgan fingerprint density at radius 2 is 1.93 bits per heavy atom. The van der Waals surface area contributed by atoms with Crippen LogP contribution in [0.2, 0.25) is 0 Å². The van der Waals surface area contributed by atoms with Gasteiger partial charge in [-0.05, 0) is 31.5 Å². The number of hydrogen-bond donors (Lipinski definition) is 1. The first-order valence-corrected chi connectivity index (χ1v) is 9.93. The Balaban J connectivity index is 1.54. The summed E-state index contributed by atoms with van der Waals surface area (Å²) in [5, 5.41) is 2.93. The molecular weight excluding hydrogens is 358 g/mol. The molecule has 2 heterocycles. The molecule has 154 valence electrons. The predicted molar refractivity (Wildman–Crippen MR) is 108 cm³/mol. The molecular formula is C21H31N3O4. The maximum Gasteiger partial charge on any atom is 0.238 e. The lowest BCUT2D eigenvalue weighted by molar-refractivity contribution is -0.141. The molecule has 0 aliphatic carbocycles. The molecule has 1 unspecified atom stereocenters. The Hall–Kier alpha value is -2.28. The zero-order chi connectivity index (χ0) is 20.3. The summed E-state index contributed by atoms with van der Waals surface area (Å²) >= 11 is 0. The average Bonchev–Trinajstić information content (AvgIpc) is 2.66. The Labute approximate surface area is 167 Å². The zero-order valence-electron chi connectivity index (χ0n) is 17.3. The van der Waals surface area contributed by atoms with Gasteiger partial charge in [0.05, 0.1) is 6.54 Å². The van der Waals surface area contributed by atoms with E-state index in [2.05, 4.69) is 10.2 Å². The van der Waals surface area contributed by atoms with Gasteiger partial charge in [-0.1, -0.05) is 20.8 Å². The first-order valence-electron chi connectivity index (χ1n) is 9.93. The van der Waals surface area contributed by atoms with E-state index in [1.807, 2.05) is 44.9 Å². The summed E-state index contributed by atoms with van der Waals surface area (Å²) in [5.41, 5.74) is 0.301. The second-order valence-electron chi connectivity index (χ2n) is 8.60. The number of likely N-dealkylation sites (N-methyl/N-ethyl adjacent to an activating group) is 1. The van der Waals surface area contributed by atoms with Crippen molar-refractivity contribution in [2.24, 2.45) is 5.41 Å². The number of benzene rings is 1. The van der Waals surface area contributed by atoms with Gasteiger partial charge in [-0.15, -0.1) is 0 Å². The number of nitrogens with zero attached hydrogens (tertiary/aromatic N) is 2. The zero-order valence-corrected chi connectivity index (χ0v) is 17.3. The van der Waals surface area contributed by atoms with Crippen molar-refractivity contribution in [2.45, 2.75) is 39.7 Å². The van der Waals surface area contributed by atoms with Gasteiger partial charge in [0.2, 0.25) is 11.8 Å². The van der Waals surface area contributed by atoms with Crippen molar-refractivity contribution in [1.82, 2.24) is 9.80 Å². The molecule has 1 aromatic rings. The Morgan fingerprint density at radius 1 is 1.21 bits per heavy atom. The van der Waals surface area contributed by atoms with Crippen molar-refractivity contribution in [2.75, 3.05) is 45.2 Å². The average molecular weight is 389 g/mol. The van der Waals surface area contributed by atoms with E-state index >= 15 is 0 Å². The van der Waals surface area contributed by atoms with Crippen LogP contribution in [0.1, 0.15) is 33.6 Å². The summed E-state index contributed by atoms with van der Waals surface area (Å²) in [5.74, 6) is 1.43. The van der Waals surface area contributed by atoms with E-state index < -0.39 is 5.41 Å². The van der Waals surface area contributed by atoms with Crippen molar-refractivity contribution in [1.29, 1.82) is 0 Å². The molecule has 0 saturated carbocycles. The molecule has 2 amide bonds. The minimum atomic E-state index is -0.396. The second kappa shape index (κ2) is 8.39. The van der Waals surface area contributed by atoms with Crippen LogP contribution in [0.3, 0.4) is 0 Å². The van der Waals surface area contributed by atoms with Gasteiger partial charge in [-0.25, -0.2) is 0 Å². The van der Waals surface area contributed by atoms with Gasteiger partial charge in [0, 0.05) is 36.8 Å². The summed E-state index contributed by atoms with van der Waals surface area (Å²) in [6.07, 6.45) is 1.95. The monoisotopic (exact) mass is 389 g/mol. The smallest absolute Gasteiger partial charge is 0.238 e. The SMILES string of the molecule is CN(C(=O)C(C)(C)C)C1CCCN(CC(=O)Nc2ccc3c(c2)OCCO3)C1. The minimum Gasteiger partial charge on any atom is -0.486 e. The summed E-state index contributed by atoms with van der Waals surface area (Å²) in [6, 6.07) is 5.57. The molecule has 28 heavy (non-hydrogen) atoms. The van der Waals surface area contributed by atoms with E-state index in [1.165, 1.54) is 0 Å². The number of carbonyl (C=O) groups excluding carboxylic acids is 2. The quantitative estimate of drug-likeness (QED) is 0.856. The number of fused-ring (bicyclic) bond motifs is 1. The minimum absolute atomic E-state index is 0.0675. The molecule has 3 rings (SSSR count). The van der Waals surface area contributed by atoms with Crippen LogP contribution >= 0.6 is 0 Å². The number of nitrogens with one attached hydrogen (secondary N) is 1. The molecule has 2 aliphatic rings. The van der Waals surface area contributed by atoms with E-state index in [0.717, 1.165) is 19.4 Å². The van der Waals surface area contributed by atoms with Crippen LogP contribution in [0.25, 0.3) is 0 Å². The molecule has 1 aromatic carbocycles. The topological polar surface area (TPSA) is 71.1 Å². The third kappa shape index (κ3) is 4.95. The van der Waals surface area contributed by atoms with Crippen LogP contribution in [-0.4, -0.2) is 67.6 Å². The molecule has 0 radical (unpaired) electrons. The van der Waals surface area contributed by atoms with E-state index in [-0.39, 0.29) is 17.9 Å². The summed E-state index contributed by atoms with van der Waals surface area (Å²) in [6.45, 7) is 8.76. The number of likely N-dealkylation sites (tertiary alicyclic amines) is 1. The fourth-order valence-corrected chi connectivity index (χ4v) is 3.71. The molecule has 0 bridgehead atoms. The normalized spacial score (nSPS) is 19.8. The maximum atomic E-state index is 12.6. The molecule has 2 aliphatic heterocycles. The van der Waals surface area contributed by atoms with Gasteiger partial charge in [0.1, 0.15) is 13.2 Å². The van der Waals surface area contributed by atoms with Crippen molar-refractivity contribution in [3.8, 4) is 11.5 Å². The van der Waals surface area contributed by atoms with E-state index in [0.29, 0.717) is 43.5 Å². The van der Waals surface area contributed by atoms with Crippen molar-refractivity contribution in [3.05, 3.63) is 18.2 Å². The van der Waals surface area contributed by atoms with Gasteiger partial charge in [-0.3, -0.25) is 14.5 Å². The fourth-order valence-electron chi connectivity index (χ4n) is 3.71. The highest BCUT2D eigenvalue weighted by Crippen LogP contribution is 2.32.